The van der Waals surface area contributed by atoms with Crippen LogP contribution in [0.15, 0.2) is 60.1 Å². The van der Waals surface area contributed by atoms with Crippen molar-refractivity contribution < 1.29 is 14.4 Å². The fourth-order valence-electron chi connectivity index (χ4n) is 2.95. The van der Waals surface area contributed by atoms with Crippen LogP contribution in [0, 0.1) is 6.92 Å². The zero-order valence-electron chi connectivity index (χ0n) is 17.2. The molecule has 2 aromatic rings. The van der Waals surface area contributed by atoms with Gasteiger partial charge in [-0.25, -0.2) is 4.99 Å². The Balaban J connectivity index is 1.73. The maximum Gasteiger partial charge on any atom is 0.242 e. The van der Waals surface area contributed by atoms with Crippen LogP contribution >= 0.6 is 23.4 Å². The lowest BCUT2D eigenvalue weighted by Crippen LogP contribution is -2.33. The summed E-state index contributed by atoms with van der Waals surface area (Å²) in [6.45, 7) is 7.37. The molecule has 1 atom stereocenters. The molecule has 1 aliphatic heterocycles. The van der Waals surface area contributed by atoms with Crippen molar-refractivity contribution >= 4 is 57.5 Å². The van der Waals surface area contributed by atoms with Crippen LogP contribution in [0.2, 0.25) is 5.02 Å². The summed E-state index contributed by atoms with van der Waals surface area (Å²) in [5.74, 6) is -0.503. The molecule has 160 valence electrons. The molecule has 0 radical (unpaired) electrons. The average molecular weight is 456 g/mol. The Morgan fingerprint density at radius 1 is 1.26 bits per heavy atom. The topological polar surface area (TPSA) is 78.8 Å². The number of hydrogen-bond donors (Lipinski definition) is 1. The van der Waals surface area contributed by atoms with Crippen molar-refractivity contribution in [3.05, 3.63) is 71.3 Å². The highest BCUT2D eigenvalue weighted by atomic mass is 35.5. The lowest BCUT2D eigenvalue weighted by molar-refractivity contribution is -0.127. The molecule has 1 heterocycles. The third-order valence-electron chi connectivity index (χ3n) is 4.66. The first-order chi connectivity index (χ1) is 14.8. The second-order valence-electron chi connectivity index (χ2n) is 7.06. The van der Waals surface area contributed by atoms with Gasteiger partial charge in [-0.05, 0) is 55.8 Å². The number of halogens is 1. The van der Waals surface area contributed by atoms with Gasteiger partial charge < -0.3 is 5.32 Å². The van der Waals surface area contributed by atoms with Gasteiger partial charge in [0.05, 0.1) is 5.69 Å². The van der Waals surface area contributed by atoms with Gasteiger partial charge in [0.15, 0.2) is 11.0 Å². The van der Waals surface area contributed by atoms with Gasteiger partial charge in [0.25, 0.3) is 0 Å². The second-order valence-corrected chi connectivity index (χ2v) is 8.63. The van der Waals surface area contributed by atoms with Crippen molar-refractivity contribution in [1.29, 1.82) is 0 Å². The monoisotopic (exact) mass is 455 g/mol. The van der Waals surface area contributed by atoms with Crippen LogP contribution < -0.4 is 5.32 Å². The van der Waals surface area contributed by atoms with E-state index >= 15 is 0 Å². The van der Waals surface area contributed by atoms with Gasteiger partial charge in [0.2, 0.25) is 11.8 Å². The van der Waals surface area contributed by atoms with E-state index in [1.807, 2.05) is 13.0 Å². The molecular formula is C23H22ClN3O3S. The quantitative estimate of drug-likeness (QED) is 0.470. The Labute approximate surface area is 190 Å². The van der Waals surface area contributed by atoms with E-state index in [9.17, 15) is 14.4 Å². The van der Waals surface area contributed by atoms with Gasteiger partial charge in [0.1, 0.15) is 5.25 Å². The number of ketones is 1. The Bertz CT molecular complexity index is 1070. The Morgan fingerprint density at radius 3 is 2.58 bits per heavy atom. The number of Topliss-reactive ketones (excluding diaryl/α,β-unsaturated/α-hetero) is 1. The third-order valence-corrected chi connectivity index (χ3v) is 6.24. The first kappa shape index (κ1) is 22.8. The summed E-state index contributed by atoms with van der Waals surface area (Å²) in [4.78, 5) is 42.9. The largest absolute Gasteiger partial charge is 0.326 e. The number of aryl methyl sites for hydroxylation is 1. The molecule has 0 aliphatic carbocycles. The number of thioether (sulfide) groups is 1. The van der Waals surface area contributed by atoms with Gasteiger partial charge >= 0.3 is 0 Å². The molecule has 31 heavy (non-hydrogen) atoms. The molecule has 1 aliphatic rings. The van der Waals surface area contributed by atoms with Crippen molar-refractivity contribution in [2.45, 2.75) is 25.5 Å². The van der Waals surface area contributed by atoms with Crippen LogP contribution in [0.5, 0.6) is 0 Å². The molecule has 0 aromatic heterocycles. The highest BCUT2D eigenvalue weighted by Crippen LogP contribution is 2.32. The fraction of sp³-hybridized carbons (Fsp3) is 0.217. The summed E-state index contributed by atoms with van der Waals surface area (Å²) in [5.41, 5.74) is 2.71. The number of benzene rings is 2. The lowest BCUT2D eigenvalue weighted by Gasteiger charge is -2.14. The number of carbonyl (C=O) groups is 3. The molecule has 0 unspecified atom stereocenters. The van der Waals surface area contributed by atoms with E-state index in [-0.39, 0.29) is 24.0 Å². The number of nitrogens with zero attached hydrogens (tertiary/aromatic N) is 2. The van der Waals surface area contributed by atoms with Gasteiger partial charge in [-0.2, -0.15) is 0 Å². The molecule has 1 saturated heterocycles. The molecule has 8 heteroatoms. The van der Waals surface area contributed by atoms with Crippen molar-refractivity contribution in [3.63, 3.8) is 0 Å². The van der Waals surface area contributed by atoms with Crippen molar-refractivity contribution in [3.8, 4) is 0 Å². The molecule has 3 rings (SSSR count). The average Bonchev–Trinajstić information content (AvgIpc) is 3.00. The summed E-state index contributed by atoms with van der Waals surface area (Å²) in [6.07, 6.45) is 1.62. The number of amides is 2. The number of rotatable bonds is 7. The second kappa shape index (κ2) is 9.94. The SMILES string of the molecule is C=CCN1C(=O)[C@@H](CC(=O)Nc2ccc(C)c(Cl)c2)SC1=Nc1ccc(C(C)=O)cc1. The minimum Gasteiger partial charge on any atom is -0.326 e. The van der Waals surface area contributed by atoms with Gasteiger partial charge in [-0.1, -0.05) is 35.5 Å². The summed E-state index contributed by atoms with van der Waals surface area (Å²) >= 11 is 7.35. The van der Waals surface area contributed by atoms with Crippen LogP contribution in [0.3, 0.4) is 0 Å². The summed E-state index contributed by atoms with van der Waals surface area (Å²) in [7, 11) is 0. The molecule has 0 bridgehead atoms. The van der Waals surface area contributed by atoms with E-state index in [1.54, 1.807) is 42.5 Å². The molecule has 0 spiro atoms. The van der Waals surface area contributed by atoms with Crippen LogP contribution in [0.25, 0.3) is 0 Å². The first-order valence-corrected chi connectivity index (χ1v) is 10.9. The van der Waals surface area contributed by atoms with Crippen LogP contribution in [-0.2, 0) is 9.59 Å². The van der Waals surface area contributed by atoms with Crippen molar-refractivity contribution in [2.75, 3.05) is 11.9 Å². The molecule has 0 saturated carbocycles. The van der Waals surface area contributed by atoms with Crippen LogP contribution in [0.1, 0.15) is 29.3 Å². The van der Waals surface area contributed by atoms with Gasteiger partial charge in [-0.3, -0.25) is 19.3 Å². The zero-order valence-corrected chi connectivity index (χ0v) is 18.8. The summed E-state index contributed by atoms with van der Waals surface area (Å²) < 4.78 is 0. The highest BCUT2D eigenvalue weighted by molar-refractivity contribution is 8.15. The van der Waals surface area contributed by atoms with E-state index in [0.29, 0.717) is 33.7 Å². The maximum absolute atomic E-state index is 12.9. The van der Waals surface area contributed by atoms with E-state index in [0.717, 1.165) is 5.56 Å². The highest BCUT2D eigenvalue weighted by Gasteiger charge is 2.38. The zero-order chi connectivity index (χ0) is 22.5. The standard InChI is InChI=1S/C23H22ClN3O3S/c1-4-11-27-22(30)20(13-21(29)25-18-8-5-14(2)19(24)12-18)31-23(27)26-17-9-6-16(7-10-17)15(3)28/h4-10,12,20H,1,11,13H2,2-3H3,(H,25,29)/t20-/m1/s1. The Morgan fingerprint density at radius 2 is 1.97 bits per heavy atom. The van der Waals surface area contributed by atoms with Gasteiger partial charge in [0, 0.05) is 29.2 Å². The number of carbonyl (C=O) groups excluding carboxylic acids is 3. The number of hydrogen-bond acceptors (Lipinski definition) is 5. The van der Waals surface area contributed by atoms with E-state index in [4.69, 9.17) is 11.6 Å². The minimum absolute atomic E-state index is 0.00489. The summed E-state index contributed by atoms with van der Waals surface area (Å²) in [6, 6.07) is 12.1. The smallest absolute Gasteiger partial charge is 0.242 e. The van der Waals surface area contributed by atoms with Crippen LogP contribution in [0.4, 0.5) is 11.4 Å². The molecule has 2 amide bonds. The Kier molecular flexibility index (Phi) is 7.30. The minimum atomic E-state index is -0.587. The number of aliphatic imine (C=N–C) groups is 1. The van der Waals surface area contributed by atoms with Crippen molar-refractivity contribution in [2.24, 2.45) is 4.99 Å². The molecule has 1 fully saturated rings. The fourth-order valence-corrected chi connectivity index (χ4v) is 4.30. The van der Waals surface area contributed by atoms with Crippen LogP contribution in [-0.4, -0.2) is 39.5 Å². The number of nitrogens with one attached hydrogen (secondary N) is 1. The Hall–Kier alpha value is -2.90. The lowest BCUT2D eigenvalue weighted by atomic mass is 10.1. The number of anilines is 1. The molecular weight excluding hydrogens is 434 g/mol. The van der Waals surface area contributed by atoms with Gasteiger partial charge in [-0.15, -0.1) is 6.58 Å². The van der Waals surface area contributed by atoms with E-state index < -0.39 is 5.25 Å². The van der Waals surface area contributed by atoms with E-state index in [1.165, 1.54) is 23.6 Å². The number of amidine groups is 1. The first-order valence-electron chi connectivity index (χ1n) is 9.63. The summed E-state index contributed by atoms with van der Waals surface area (Å²) in [5, 5.41) is 3.26. The maximum atomic E-state index is 12.9. The predicted octanol–water partition coefficient (Wildman–Crippen LogP) is 5.00. The molecule has 2 aromatic carbocycles. The normalized spacial score (nSPS) is 17.1. The predicted molar refractivity (Wildman–Crippen MR) is 126 cm³/mol. The molecule has 1 N–H and O–H groups in total. The van der Waals surface area contributed by atoms with Crippen molar-refractivity contribution in [1.82, 2.24) is 4.90 Å². The third kappa shape index (κ3) is 5.62. The molecule has 6 nitrogen and oxygen atoms in total. The van der Waals surface area contributed by atoms with E-state index in [2.05, 4.69) is 16.9 Å².